The molecule has 0 saturated carbocycles. The molecule has 0 aliphatic heterocycles. The SMILES string of the molecule is Cc1cccc(NC(=O)COc2ccc(S(=O)(=O)NC(C)C)cc2Cl)c1C. The number of amides is 1. The Kier molecular flexibility index (Phi) is 6.86. The Bertz CT molecular complexity index is 943. The summed E-state index contributed by atoms with van der Waals surface area (Å²) in [7, 11) is -3.65. The van der Waals surface area contributed by atoms with Gasteiger partial charge in [-0.05, 0) is 63.1 Å². The molecule has 1 amide bonds. The highest BCUT2D eigenvalue weighted by molar-refractivity contribution is 7.89. The molecule has 2 rings (SSSR count). The smallest absolute Gasteiger partial charge is 0.262 e. The Morgan fingerprint density at radius 3 is 2.52 bits per heavy atom. The third kappa shape index (κ3) is 5.69. The number of carbonyl (C=O) groups excluding carboxylic acids is 1. The number of benzene rings is 2. The van der Waals surface area contributed by atoms with Gasteiger partial charge >= 0.3 is 0 Å². The zero-order valence-corrected chi connectivity index (χ0v) is 17.2. The molecule has 2 aromatic carbocycles. The van der Waals surface area contributed by atoms with E-state index < -0.39 is 10.0 Å². The Morgan fingerprint density at radius 1 is 1.19 bits per heavy atom. The second-order valence-electron chi connectivity index (χ2n) is 6.45. The first-order valence-electron chi connectivity index (χ1n) is 8.41. The van der Waals surface area contributed by atoms with Crippen LogP contribution in [0.15, 0.2) is 41.3 Å². The van der Waals surface area contributed by atoms with Gasteiger partial charge in [-0.15, -0.1) is 0 Å². The number of aryl methyl sites for hydroxylation is 1. The van der Waals surface area contributed by atoms with Crippen LogP contribution in [0, 0.1) is 13.8 Å². The largest absolute Gasteiger partial charge is 0.482 e. The van der Waals surface area contributed by atoms with Crippen LogP contribution in [-0.4, -0.2) is 27.0 Å². The van der Waals surface area contributed by atoms with Crippen LogP contribution in [0.1, 0.15) is 25.0 Å². The van der Waals surface area contributed by atoms with Gasteiger partial charge in [-0.1, -0.05) is 23.7 Å². The van der Waals surface area contributed by atoms with E-state index in [0.29, 0.717) is 0 Å². The number of rotatable bonds is 7. The Balaban J connectivity index is 2.04. The molecule has 2 N–H and O–H groups in total. The van der Waals surface area contributed by atoms with Crippen LogP contribution in [0.3, 0.4) is 0 Å². The number of nitrogens with one attached hydrogen (secondary N) is 2. The third-order valence-corrected chi connectivity index (χ3v) is 5.79. The predicted molar refractivity (Wildman–Crippen MR) is 107 cm³/mol. The second kappa shape index (κ2) is 8.73. The first kappa shape index (κ1) is 21.2. The average Bonchev–Trinajstić information content (AvgIpc) is 2.56. The Labute approximate surface area is 164 Å². The summed E-state index contributed by atoms with van der Waals surface area (Å²) in [6, 6.07) is 9.51. The Hall–Kier alpha value is -2.09. The van der Waals surface area contributed by atoms with E-state index in [9.17, 15) is 13.2 Å². The zero-order chi connectivity index (χ0) is 20.2. The van der Waals surface area contributed by atoms with Crippen LogP contribution in [0.2, 0.25) is 5.02 Å². The van der Waals surface area contributed by atoms with Crippen LogP contribution in [0.5, 0.6) is 5.75 Å². The molecule has 0 unspecified atom stereocenters. The van der Waals surface area contributed by atoms with E-state index in [1.54, 1.807) is 13.8 Å². The van der Waals surface area contributed by atoms with Crippen molar-refractivity contribution in [2.75, 3.05) is 11.9 Å². The summed E-state index contributed by atoms with van der Waals surface area (Å²) in [6.45, 7) is 7.10. The van der Waals surface area contributed by atoms with Crippen molar-refractivity contribution in [1.29, 1.82) is 0 Å². The maximum atomic E-state index is 12.2. The summed E-state index contributed by atoms with van der Waals surface area (Å²) in [4.78, 5) is 12.2. The minimum atomic E-state index is -3.65. The summed E-state index contributed by atoms with van der Waals surface area (Å²) in [5, 5.41) is 2.90. The summed E-state index contributed by atoms with van der Waals surface area (Å²) in [5.41, 5.74) is 2.77. The van der Waals surface area contributed by atoms with Gasteiger partial charge in [0.25, 0.3) is 5.91 Å². The number of halogens is 1. The molecule has 0 heterocycles. The Morgan fingerprint density at radius 2 is 1.89 bits per heavy atom. The average molecular weight is 411 g/mol. The lowest BCUT2D eigenvalue weighted by Crippen LogP contribution is -2.30. The summed E-state index contributed by atoms with van der Waals surface area (Å²) in [6.07, 6.45) is 0. The maximum absolute atomic E-state index is 12.2. The summed E-state index contributed by atoms with van der Waals surface area (Å²) in [5.74, 6) is -0.103. The van der Waals surface area contributed by atoms with Gasteiger partial charge in [0, 0.05) is 11.7 Å². The van der Waals surface area contributed by atoms with Gasteiger partial charge in [0.05, 0.1) is 9.92 Å². The molecule has 27 heavy (non-hydrogen) atoms. The molecule has 6 nitrogen and oxygen atoms in total. The van der Waals surface area contributed by atoms with Crippen LogP contribution in [-0.2, 0) is 14.8 Å². The lowest BCUT2D eigenvalue weighted by molar-refractivity contribution is -0.118. The fourth-order valence-corrected chi connectivity index (χ4v) is 3.94. The highest BCUT2D eigenvalue weighted by Gasteiger charge is 2.17. The predicted octanol–water partition coefficient (Wildman–Crippen LogP) is 3.66. The minimum Gasteiger partial charge on any atom is -0.482 e. The first-order chi connectivity index (χ1) is 12.6. The van der Waals surface area contributed by atoms with Crippen molar-refractivity contribution >= 4 is 33.2 Å². The molecule has 146 valence electrons. The normalized spacial score (nSPS) is 11.5. The third-order valence-electron chi connectivity index (χ3n) is 3.84. The first-order valence-corrected chi connectivity index (χ1v) is 10.3. The minimum absolute atomic E-state index is 0.0355. The standard InChI is InChI=1S/C19H23ClN2O4S/c1-12(2)22-27(24,25)15-8-9-18(16(20)10-15)26-11-19(23)21-17-7-5-6-13(3)14(17)4/h5-10,12,22H,11H2,1-4H3,(H,21,23). The summed E-state index contributed by atoms with van der Waals surface area (Å²) < 4.78 is 32.2. The highest BCUT2D eigenvalue weighted by Crippen LogP contribution is 2.27. The van der Waals surface area contributed by atoms with E-state index in [1.165, 1.54) is 18.2 Å². The molecule has 0 radical (unpaired) electrons. The van der Waals surface area contributed by atoms with Crippen molar-refractivity contribution in [3.8, 4) is 5.75 Å². The molecular formula is C19H23ClN2O4S. The van der Waals surface area contributed by atoms with E-state index in [1.807, 2.05) is 32.0 Å². The molecule has 0 aliphatic rings. The van der Waals surface area contributed by atoms with E-state index >= 15 is 0 Å². The van der Waals surface area contributed by atoms with Crippen molar-refractivity contribution in [3.63, 3.8) is 0 Å². The molecule has 0 aromatic heterocycles. The van der Waals surface area contributed by atoms with Gasteiger partial charge in [-0.25, -0.2) is 13.1 Å². The quantitative estimate of drug-likeness (QED) is 0.729. The number of carbonyl (C=O) groups is 1. The number of hydrogen-bond donors (Lipinski definition) is 2. The topological polar surface area (TPSA) is 84.5 Å². The molecule has 0 saturated heterocycles. The molecule has 0 fully saturated rings. The monoisotopic (exact) mass is 410 g/mol. The number of hydrogen-bond acceptors (Lipinski definition) is 4. The zero-order valence-electron chi connectivity index (χ0n) is 15.7. The molecule has 2 aromatic rings. The van der Waals surface area contributed by atoms with Gasteiger partial charge in [0.1, 0.15) is 5.75 Å². The van der Waals surface area contributed by atoms with Gasteiger partial charge in [-0.2, -0.15) is 0 Å². The number of ether oxygens (including phenoxy) is 1. The number of anilines is 1. The van der Waals surface area contributed by atoms with Crippen molar-refractivity contribution in [3.05, 3.63) is 52.5 Å². The van der Waals surface area contributed by atoms with Gasteiger partial charge < -0.3 is 10.1 Å². The molecule has 0 bridgehead atoms. The van der Waals surface area contributed by atoms with Crippen LogP contribution < -0.4 is 14.8 Å². The van der Waals surface area contributed by atoms with Crippen LogP contribution >= 0.6 is 11.6 Å². The van der Waals surface area contributed by atoms with Gasteiger partial charge in [0.15, 0.2) is 6.61 Å². The highest BCUT2D eigenvalue weighted by atomic mass is 35.5. The van der Waals surface area contributed by atoms with Crippen LogP contribution in [0.4, 0.5) is 5.69 Å². The lowest BCUT2D eigenvalue weighted by atomic mass is 10.1. The van der Waals surface area contributed by atoms with Crippen LogP contribution in [0.25, 0.3) is 0 Å². The molecule has 8 heteroatoms. The second-order valence-corrected chi connectivity index (χ2v) is 8.57. The number of sulfonamides is 1. The van der Waals surface area contributed by atoms with Gasteiger partial charge in [-0.3, -0.25) is 4.79 Å². The van der Waals surface area contributed by atoms with E-state index in [0.717, 1.165) is 16.8 Å². The fraction of sp³-hybridized carbons (Fsp3) is 0.316. The van der Waals surface area contributed by atoms with Crippen molar-refractivity contribution in [1.82, 2.24) is 4.72 Å². The van der Waals surface area contributed by atoms with E-state index in [-0.39, 0.29) is 34.2 Å². The van der Waals surface area contributed by atoms with E-state index in [4.69, 9.17) is 16.3 Å². The molecule has 0 aliphatic carbocycles. The molecule has 0 atom stereocenters. The fourth-order valence-electron chi connectivity index (χ4n) is 2.36. The lowest BCUT2D eigenvalue weighted by Gasteiger charge is -2.13. The van der Waals surface area contributed by atoms with Crippen molar-refractivity contribution in [2.24, 2.45) is 0 Å². The molecule has 0 spiro atoms. The van der Waals surface area contributed by atoms with Gasteiger partial charge in [0.2, 0.25) is 10.0 Å². The van der Waals surface area contributed by atoms with Crippen molar-refractivity contribution in [2.45, 2.75) is 38.6 Å². The summed E-state index contributed by atoms with van der Waals surface area (Å²) >= 11 is 6.11. The molecular weight excluding hydrogens is 388 g/mol. The van der Waals surface area contributed by atoms with E-state index in [2.05, 4.69) is 10.0 Å². The van der Waals surface area contributed by atoms with Crippen molar-refractivity contribution < 1.29 is 17.9 Å². The maximum Gasteiger partial charge on any atom is 0.262 e.